The summed E-state index contributed by atoms with van der Waals surface area (Å²) >= 11 is 0. The molecule has 21 heavy (non-hydrogen) atoms. The van der Waals surface area contributed by atoms with Gasteiger partial charge < -0.3 is 0 Å². The van der Waals surface area contributed by atoms with Crippen molar-refractivity contribution < 1.29 is 4.39 Å². The van der Waals surface area contributed by atoms with Crippen molar-refractivity contribution >= 4 is 0 Å². The summed E-state index contributed by atoms with van der Waals surface area (Å²) in [5.41, 5.74) is 3.16. The molecule has 0 unspecified atom stereocenters. The first kappa shape index (κ1) is 16.4. The highest BCUT2D eigenvalue weighted by atomic mass is 19.1. The second-order valence-electron chi connectivity index (χ2n) is 4.69. The fourth-order valence-electron chi connectivity index (χ4n) is 1.89. The van der Waals surface area contributed by atoms with E-state index in [9.17, 15) is 4.39 Å². The van der Waals surface area contributed by atoms with Crippen LogP contribution in [0.25, 0.3) is 0 Å². The molecule has 0 spiro atoms. The van der Waals surface area contributed by atoms with Crippen LogP contribution in [-0.4, -0.2) is 0 Å². The minimum absolute atomic E-state index is 0.350. The monoisotopic (exact) mass is 280 g/mol. The van der Waals surface area contributed by atoms with E-state index in [0.717, 1.165) is 24.0 Å². The van der Waals surface area contributed by atoms with Gasteiger partial charge in [0.2, 0.25) is 0 Å². The molecule has 2 nitrogen and oxygen atoms in total. The topological polar surface area (TPSA) is 47.6 Å². The Kier molecular flexibility index (Phi) is 6.65. The van der Waals surface area contributed by atoms with Gasteiger partial charge in [-0.2, -0.15) is 10.5 Å². The maximum Gasteiger partial charge on any atom is 0.124 e. The lowest BCUT2D eigenvalue weighted by atomic mass is 10.1. The minimum atomic E-state index is -0.350. The molecular weight excluding hydrogens is 263 g/mol. The quantitative estimate of drug-likeness (QED) is 0.812. The van der Waals surface area contributed by atoms with Crippen molar-refractivity contribution in [3.63, 3.8) is 0 Å². The van der Waals surface area contributed by atoms with Gasteiger partial charge in [0.25, 0.3) is 0 Å². The Morgan fingerprint density at radius 2 is 1.71 bits per heavy atom. The average molecular weight is 280 g/mol. The highest BCUT2D eigenvalue weighted by Gasteiger charge is 1.94. The summed E-state index contributed by atoms with van der Waals surface area (Å²) in [5, 5.41) is 17.0. The Bertz CT molecular complexity index is 658. The number of halogens is 1. The van der Waals surface area contributed by atoms with Crippen LogP contribution in [0.15, 0.2) is 42.5 Å². The molecule has 0 aliphatic rings. The van der Waals surface area contributed by atoms with Crippen LogP contribution in [0.3, 0.4) is 0 Å². The smallest absolute Gasteiger partial charge is 0.124 e. The molecule has 3 heteroatoms. The van der Waals surface area contributed by atoms with Crippen molar-refractivity contribution in [2.45, 2.75) is 26.7 Å². The van der Waals surface area contributed by atoms with E-state index in [1.807, 2.05) is 24.3 Å². The van der Waals surface area contributed by atoms with Gasteiger partial charge in [0.05, 0.1) is 23.3 Å². The van der Waals surface area contributed by atoms with Crippen LogP contribution < -0.4 is 0 Å². The summed E-state index contributed by atoms with van der Waals surface area (Å²) in [4.78, 5) is 0. The second kappa shape index (κ2) is 8.51. The van der Waals surface area contributed by atoms with E-state index >= 15 is 0 Å². The number of nitrogens with zero attached hydrogens (tertiary/aromatic N) is 2. The SMILES string of the molecule is CCCc1cccc(C#N)c1.Cc1cc(F)cc(C#N)c1. The molecule has 0 heterocycles. The Labute approximate surface area is 125 Å². The number of hydrogen-bond donors (Lipinski definition) is 0. The van der Waals surface area contributed by atoms with Crippen LogP contribution in [0.2, 0.25) is 0 Å². The molecule has 0 atom stereocenters. The van der Waals surface area contributed by atoms with Crippen molar-refractivity contribution in [1.82, 2.24) is 0 Å². The lowest BCUT2D eigenvalue weighted by Crippen LogP contribution is -1.83. The fourth-order valence-corrected chi connectivity index (χ4v) is 1.89. The van der Waals surface area contributed by atoms with Crippen LogP contribution in [-0.2, 0) is 6.42 Å². The molecule has 0 amide bonds. The number of benzene rings is 2. The first-order valence-electron chi connectivity index (χ1n) is 6.75. The largest absolute Gasteiger partial charge is 0.207 e. The van der Waals surface area contributed by atoms with E-state index in [1.54, 1.807) is 13.0 Å². The van der Waals surface area contributed by atoms with E-state index in [4.69, 9.17) is 10.5 Å². The molecule has 0 bridgehead atoms. The number of rotatable bonds is 2. The maximum atomic E-state index is 12.5. The Balaban J connectivity index is 0.000000211. The molecule has 2 aromatic carbocycles. The summed E-state index contributed by atoms with van der Waals surface area (Å²) in [6.45, 7) is 3.89. The first-order valence-corrected chi connectivity index (χ1v) is 6.75. The van der Waals surface area contributed by atoms with Crippen LogP contribution in [0, 0.1) is 35.4 Å². The third-order valence-electron chi connectivity index (χ3n) is 2.77. The molecule has 2 rings (SSSR count). The Hall–Kier alpha value is -2.65. The van der Waals surface area contributed by atoms with Gasteiger partial charge in [-0.1, -0.05) is 25.5 Å². The molecule has 0 N–H and O–H groups in total. The molecule has 0 aliphatic heterocycles. The molecule has 0 saturated heterocycles. The van der Waals surface area contributed by atoms with Crippen LogP contribution in [0.5, 0.6) is 0 Å². The van der Waals surface area contributed by atoms with Gasteiger partial charge in [-0.3, -0.25) is 0 Å². The lowest BCUT2D eigenvalue weighted by Gasteiger charge is -1.96. The van der Waals surface area contributed by atoms with Crippen LogP contribution in [0.1, 0.15) is 35.6 Å². The van der Waals surface area contributed by atoms with Crippen molar-refractivity contribution in [1.29, 1.82) is 10.5 Å². The van der Waals surface area contributed by atoms with Crippen molar-refractivity contribution in [2.75, 3.05) is 0 Å². The molecule has 2 aromatic rings. The van der Waals surface area contributed by atoms with Crippen molar-refractivity contribution in [2.24, 2.45) is 0 Å². The third-order valence-corrected chi connectivity index (χ3v) is 2.77. The average Bonchev–Trinajstić information content (AvgIpc) is 2.47. The molecule has 0 radical (unpaired) electrons. The lowest BCUT2D eigenvalue weighted by molar-refractivity contribution is 0.626. The zero-order chi connectivity index (χ0) is 15.7. The normalized spacial score (nSPS) is 9.00. The van der Waals surface area contributed by atoms with E-state index in [-0.39, 0.29) is 5.82 Å². The van der Waals surface area contributed by atoms with Gasteiger partial charge in [-0.15, -0.1) is 0 Å². The second-order valence-corrected chi connectivity index (χ2v) is 4.69. The van der Waals surface area contributed by atoms with Crippen molar-refractivity contribution in [3.05, 3.63) is 70.5 Å². The predicted octanol–water partition coefficient (Wildman–Crippen LogP) is 4.52. The van der Waals surface area contributed by atoms with Crippen LogP contribution >= 0.6 is 0 Å². The predicted molar refractivity (Wildman–Crippen MR) is 81.0 cm³/mol. The molecule has 0 saturated carbocycles. The Morgan fingerprint density at radius 3 is 2.29 bits per heavy atom. The minimum Gasteiger partial charge on any atom is -0.207 e. The maximum absolute atomic E-state index is 12.5. The Morgan fingerprint density at radius 1 is 1.00 bits per heavy atom. The highest BCUT2D eigenvalue weighted by molar-refractivity contribution is 5.33. The van der Waals surface area contributed by atoms with Gasteiger partial charge in [-0.05, 0) is 54.8 Å². The zero-order valence-corrected chi connectivity index (χ0v) is 12.2. The summed E-state index contributed by atoms with van der Waals surface area (Å²) in [5.74, 6) is -0.350. The molecule has 0 fully saturated rings. The zero-order valence-electron chi connectivity index (χ0n) is 12.2. The summed E-state index contributed by atoms with van der Waals surface area (Å²) in [6.07, 6.45) is 2.20. The number of nitriles is 2. The number of hydrogen-bond acceptors (Lipinski definition) is 2. The van der Waals surface area contributed by atoms with Crippen LogP contribution in [0.4, 0.5) is 4.39 Å². The highest BCUT2D eigenvalue weighted by Crippen LogP contribution is 2.06. The van der Waals surface area contributed by atoms with E-state index in [1.165, 1.54) is 17.7 Å². The standard InChI is InChI=1S/C10H11N.C8H6FN/c1-2-4-9-5-3-6-10(7-9)8-11;1-6-2-7(5-10)4-8(9)3-6/h3,5-7H,2,4H2,1H3;2-4H,1H3. The first-order chi connectivity index (χ1) is 10.1. The molecule has 0 aliphatic carbocycles. The fraction of sp³-hybridized carbons (Fsp3) is 0.222. The van der Waals surface area contributed by atoms with E-state index in [2.05, 4.69) is 19.1 Å². The van der Waals surface area contributed by atoms with E-state index < -0.39 is 0 Å². The van der Waals surface area contributed by atoms with Gasteiger partial charge in [0.1, 0.15) is 5.82 Å². The molecule has 106 valence electrons. The van der Waals surface area contributed by atoms with E-state index in [0.29, 0.717) is 5.56 Å². The van der Waals surface area contributed by atoms with Gasteiger partial charge in [0.15, 0.2) is 0 Å². The summed E-state index contributed by atoms with van der Waals surface area (Å²) in [6, 6.07) is 16.0. The summed E-state index contributed by atoms with van der Waals surface area (Å²) in [7, 11) is 0. The van der Waals surface area contributed by atoms with Gasteiger partial charge in [0, 0.05) is 0 Å². The summed E-state index contributed by atoms with van der Waals surface area (Å²) < 4.78 is 12.5. The van der Waals surface area contributed by atoms with Crippen molar-refractivity contribution in [3.8, 4) is 12.1 Å². The van der Waals surface area contributed by atoms with Gasteiger partial charge >= 0.3 is 0 Å². The number of aryl methyl sites for hydroxylation is 2. The molecule has 0 aromatic heterocycles. The molecular formula is C18H17FN2. The van der Waals surface area contributed by atoms with Gasteiger partial charge in [-0.25, -0.2) is 4.39 Å². The third kappa shape index (κ3) is 5.89.